The van der Waals surface area contributed by atoms with E-state index in [-0.39, 0.29) is 0 Å². The summed E-state index contributed by atoms with van der Waals surface area (Å²) in [5, 5.41) is 0. The molecule has 0 aliphatic carbocycles. The molecule has 0 saturated carbocycles. The van der Waals surface area contributed by atoms with Gasteiger partial charge in [0, 0.05) is 0 Å². The van der Waals surface area contributed by atoms with Gasteiger partial charge in [0.15, 0.2) is 0 Å². The molecule has 0 aromatic carbocycles. The van der Waals surface area contributed by atoms with Crippen LogP contribution in [0, 0.1) is 0 Å². The zero-order valence-corrected chi connectivity index (χ0v) is 11.2. The first-order chi connectivity index (χ1) is 7.53. The van der Waals surface area contributed by atoms with Crippen LogP contribution in [0.1, 0.15) is 0 Å². The molecule has 6 nitrogen and oxygen atoms in total. The Bertz CT molecular complexity index is 283. The SMILES string of the molecule is C=CC(=O)[O][Sn]([O]C(=O)C=C)[O]C(=O)C=C. The van der Waals surface area contributed by atoms with Crippen molar-refractivity contribution in [3.63, 3.8) is 0 Å². The first-order valence-electron chi connectivity index (χ1n) is 3.93. The van der Waals surface area contributed by atoms with E-state index in [1.165, 1.54) is 0 Å². The molecule has 7 heteroatoms. The Morgan fingerprint density at radius 2 is 1.00 bits per heavy atom. The summed E-state index contributed by atoms with van der Waals surface area (Å²) in [6, 6.07) is 0. The Hall–Kier alpha value is -1.57. The van der Waals surface area contributed by atoms with Crippen LogP contribution in [0.3, 0.4) is 0 Å². The second kappa shape index (κ2) is 7.69. The number of hydrogen-bond acceptors (Lipinski definition) is 6. The van der Waals surface area contributed by atoms with Crippen molar-refractivity contribution in [1.82, 2.24) is 0 Å². The minimum absolute atomic E-state index is 0.830. The third-order valence-corrected chi connectivity index (χ3v) is 4.20. The molecule has 85 valence electrons. The van der Waals surface area contributed by atoms with E-state index in [2.05, 4.69) is 29.0 Å². The van der Waals surface area contributed by atoms with Crippen molar-refractivity contribution < 1.29 is 23.6 Å². The second-order valence-electron chi connectivity index (χ2n) is 2.13. The van der Waals surface area contributed by atoms with Crippen LogP contribution in [-0.4, -0.2) is 38.9 Å². The molecule has 1 radical (unpaired) electrons. The summed E-state index contributed by atoms with van der Waals surface area (Å²) in [4.78, 5) is 32.5. The summed E-state index contributed by atoms with van der Waals surface area (Å²) in [5.74, 6) is -2.49. The summed E-state index contributed by atoms with van der Waals surface area (Å²) in [6.45, 7) is 9.44. The van der Waals surface area contributed by atoms with Crippen molar-refractivity contribution in [2.75, 3.05) is 0 Å². The van der Waals surface area contributed by atoms with Gasteiger partial charge in [-0.05, 0) is 0 Å². The van der Waals surface area contributed by atoms with E-state index in [9.17, 15) is 14.4 Å². The van der Waals surface area contributed by atoms with Gasteiger partial charge in [0.25, 0.3) is 0 Å². The van der Waals surface area contributed by atoms with Crippen LogP contribution >= 0.6 is 0 Å². The summed E-state index contributed by atoms with van der Waals surface area (Å²) in [7, 11) is 0. The van der Waals surface area contributed by atoms with Gasteiger partial charge in [-0.1, -0.05) is 0 Å². The van der Waals surface area contributed by atoms with Crippen molar-refractivity contribution in [3.05, 3.63) is 38.0 Å². The van der Waals surface area contributed by atoms with Crippen molar-refractivity contribution in [1.29, 1.82) is 0 Å². The molecular weight excluding hydrogens is 323 g/mol. The summed E-state index contributed by atoms with van der Waals surface area (Å²) >= 11 is -3.82. The van der Waals surface area contributed by atoms with E-state index in [4.69, 9.17) is 0 Å². The fourth-order valence-electron chi connectivity index (χ4n) is 0.434. The Morgan fingerprint density at radius 3 is 1.19 bits per heavy atom. The number of carbonyl (C=O) groups is 3. The van der Waals surface area contributed by atoms with Gasteiger partial charge in [-0.2, -0.15) is 0 Å². The van der Waals surface area contributed by atoms with Gasteiger partial charge < -0.3 is 0 Å². The van der Waals surface area contributed by atoms with Crippen molar-refractivity contribution in [3.8, 4) is 0 Å². The zero-order valence-electron chi connectivity index (χ0n) is 8.30. The quantitative estimate of drug-likeness (QED) is 0.509. The van der Waals surface area contributed by atoms with Crippen LogP contribution in [0.4, 0.5) is 0 Å². The van der Waals surface area contributed by atoms with Gasteiger partial charge >= 0.3 is 100 Å². The normalized spacial score (nSPS) is 8.81. The Labute approximate surface area is 101 Å². The molecule has 0 spiro atoms. The molecule has 0 unspecified atom stereocenters. The summed E-state index contributed by atoms with van der Waals surface area (Å²) < 4.78 is 13.8. The molecule has 0 bridgehead atoms. The molecule has 0 heterocycles. The molecule has 0 fully saturated rings. The van der Waals surface area contributed by atoms with E-state index in [0.29, 0.717) is 0 Å². The van der Waals surface area contributed by atoms with Gasteiger partial charge in [-0.15, -0.1) is 0 Å². The molecule has 0 aliphatic heterocycles. The van der Waals surface area contributed by atoms with Crippen molar-refractivity contribution in [2.24, 2.45) is 0 Å². The predicted octanol–water partition coefficient (Wildman–Crippen LogP) is 0.159. The van der Waals surface area contributed by atoms with E-state index in [1.807, 2.05) is 0 Å². The van der Waals surface area contributed by atoms with Crippen LogP contribution < -0.4 is 0 Å². The van der Waals surface area contributed by atoms with Gasteiger partial charge in [-0.3, -0.25) is 0 Å². The first kappa shape index (κ1) is 14.4. The van der Waals surface area contributed by atoms with E-state index < -0.39 is 38.9 Å². The van der Waals surface area contributed by atoms with Crippen LogP contribution in [-0.2, 0) is 23.6 Å². The third kappa shape index (κ3) is 6.01. The molecule has 0 N–H and O–H groups in total. The van der Waals surface area contributed by atoms with E-state index in [0.717, 1.165) is 18.2 Å². The van der Waals surface area contributed by atoms with Gasteiger partial charge in [0.05, 0.1) is 0 Å². The standard InChI is InChI=1S/3C3H4O2.Sn/c3*1-2-3(4)5;/h3*2H,1H2,(H,4,5);/q;;;+3/p-3. The third-order valence-electron chi connectivity index (χ3n) is 1.05. The van der Waals surface area contributed by atoms with E-state index in [1.54, 1.807) is 0 Å². The number of hydrogen-bond donors (Lipinski definition) is 0. The van der Waals surface area contributed by atoms with Crippen molar-refractivity contribution in [2.45, 2.75) is 0 Å². The monoisotopic (exact) mass is 333 g/mol. The maximum atomic E-state index is 10.8. The molecule has 0 aromatic rings. The molecule has 0 saturated heterocycles. The second-order valence-corrected chi connectivity index (χ2v) is 5.30. The van der Waals surface area contributed by atoms with Crippen LogP contribution in [0.15, 0.2) is 38.0 Å². The van der Waals surface area contributed by atoms with Crippen LogP contribution in [0.2, 0.25) is 0 Å². The van der Waals surface area contributed by atoms with E-state index >= 15 is 0 Å². The van der Waals surface area contributed by atoms with Crippen LogP contribution in [0.5, 0.6) is 0 Å². The summed E-state index contributed by atoms with van der Waals surface area (Å²) in [6.07, 6.45) is 2.60. The average Bonchev–Trinajstić information content (AvgIpc) is 2.28. The maximum absolute atomic E-state index is 10.8. The van der Waals surface area contributed by atoms with Gasteiger partial charge in [0.2, 0.25) is 0 Å². The molecule has 0 aliphatic rings. The molecular formula is C9H9O6Sn. The zero-order chi connectivity index (χ0) is 12.6. The van der Waals surface area contributed by atoms with Crippen LogP contribution in [0.25, 0.3) is 0 Å². The molecule has 0 amide bonds. The topological polar surface area (TPSA) is 78.9 Å². The first-order valence-corrected chi connectivity index (χ1v) is 7.42. The van der Waals surface area contributed by atoms with Gasteiger partial charge in [0.1, 0.15) is 0 Å². The van der Waals surface area contributed by atoms with Crippen molar-refractivity contribution >= 4 is 38.9 Å². The summed E-state index contributed by atoms with van der Waals surface area (Å²) in [5.41, 5.74) is 0. The Kier molecular flexibility index (Phi) is 6.93. The average molecular weight is 332 g/mol. The number of carbonyl (C=O) groups excluding carboxylic acids is 3. The molecule has 0 aromatic heterocycles. The fraction of sp³-hybridized carbons (Fsp3) is 0. The minimum atomic E-state index is -3.82. The molecule has 0 rings (SSSR count). The number of rotatable bonds is 6. The fourth-order valence-corrected chi connectivity index (χ4v) is 2.91. The molecule has 16 heavy (non-hydrogen) atoms. The Balaban J connectivity index is 4.48. The predicted molar refractivity (Wildman–Crippen MR) is 54.6 cm³/mol. The Morgan fingerprint density at radius 1 is 0.750 bits per heavy atom. The van der Waals surface area contributed by atoms with Gasteiger partial charge in [-0.25, -0.2) is 0 Å². The molecule has 0 atom stereocenters.